The average molecular weight is 241 g/mol. The van der Waals surface area contributed by atoms with Crippen molar-refractivity contribution in [1.82, 2.24) is 15.1 Å². The molecule has 1 rings (SSSR count). The van der Waals surface area contributed by atoms with Gasteiger partial charge in [0.1, 0.15) is 0 Å². The van der Waals surface area contributed by atoms with Gasteiger partial charge in [-0.3, -0.25) is 9.69 Å². The third-order valence-corrected chi connectivity index (χ3v) is 3.81. The fourth-order valence-corrected chi connectivity index (χ4v) is 2.52. The molecule has 4 heteroatoms. The van der Waals surface area contributed by atoms with E-state index >= 15 is 0 Å². The Morgan fingerprint density at radius 2 is 2.18 bits per heavy atom. The molecule has 0 aromatic rings. The summed E-state index contributed by atoms with van der Waals surface area (Å²) in [5.41, 5.74) is 0. The molecular weight excluding hydrogens is 214 g/mol. The number of nitrogens with one attached hydrogen (secondary N) is 1. The number of rotatable bonds is 5. The number of hydrogen-bond acceptors (Lipinski definition) is 3. The Morgan fingerprint density at radius 1 is 1.47 bits per heavy atom. The molecule has 1 fully saturated rings. The molecule has 17 heavy (non-hydrogen) atoms. The van der Waals surface area contributed by atoms with Gasteiger partial charge in [-0.05, 0) is 33.4 Å². The van der Waals surface area contributed by atoms with Crippen molar-refractivity contribution in [2.45, 2.75) is 44.7 Å². The van der Waals surface area contributed by atoms with Gasteiger partial charge in [0, 0.05) is 39.1 Å². The maximum Gasteiger partial charge on any atom is 0.223 e. The van der Waals surface area contributed by atoms with Crippen molar-refractivity contribution in [1.29, 1.82) is 0 Å². The van der Waals surface area contributed by atoms with Gasteiger partial charge < -0.3 is 10.2 Å². The van der Waals surface area contributed by atoms with E-state index in [1.165, 1.54) is 19.3 Å². The number of carbonyl (C=O) groups excluding carboxylic acids is 1. The molecule has 1 heterocycles. The Kier molecular flexibility index (Phi) is 5.92. The zero-order valence-electron chi connectivity index (χ0n) is 11.7. The summed E-state index contributed by atoms with van der Waals surface area (Å²) < 4.78 is 0. The van der Waals surface area contributed by atoms with E-state index in [2.05, 4.69) is 17.1 Å². The highest BCUT2D eigenvalue weighted by Gasteiger charge is 2.26. The summed E-state index contributed by atoms with van der Waals surface area (Å²) in [7, 11) is 5.67. The average Bonchev–Trinajstić information content (AvgIpc) is 2.35. The first kappa shape index (κ1) is 14.5. The van der Waals surface area contributed by atoms with Crippen molar-refractivity contribution in [2.24, 2.45) is 0 Å². The monoisotopic (exact) mass is 241 g/mol. The van der Waals surface area contributed by atoms with Gasteiger partial charge in [-0.2, -0.15) is 0 Å². The van der Waals surface area contributed by atoms with E-state index in [-0.39, 0.29) is 5.91 Å². The molecule has 4 nitrogen and oxygen atoms in total. The predicted octanol–water partition coefficient (Wildman–Crippen LogP) is 0.927. The number of nitrogens with zero attached hydrogens (tertiary/aromatic N) is 2. The summed E-state index contributed by atoms with van der Waals surface area (Å²) in [5, 5.41) is 3.34. The molecule has 100 valence electrons. The Morgan fingerprint density at radius 3 is 2.76 bits per heavy atom. The summed E-state index contributed by atoms with van der Waals surface area (Å²) in [6.07, 6.45) is 4.47. The minimum absolute atomic E-state index is 0.228. The van der Waals surface area contributed by atoms with Gasteiger partial charge in [0.15, 0.2) is 0 Å². The molecule has 1 N–H and O–H groups in total. The van der Waals surface area contributed by atoms with E-state index in [1.54, 1.807) is 4.90 Å². The van der Waals surface area contributed by atoms with E-state index in [1.807, 2.05) is 21.1 Å². The molecule has 0 aliphatic carbocycles. The van der Waals surface area contributed by atoms with E-state index in [0.717, 1.165) is 13.1 Å². The molecule has 1 aliphatic heterocycles. The molecule has 0 aromatic carbocycles. The zero-order chi connectivity index (χ0) is 12.8. The summed E-state index contributed by atoms with van der Waals surface area (Å²) in [4.78, 5) is 15.8. The maximum atomic E-state index is 11.6. The van der Waals surface area contributed by atoms with Crippen molar-refractivity contribution in [3.8, 4) is 0 Å². The van der Waals surface area contributed by atoms with Crippen LogP contribution >= 0.6 is 0 Å². The van der Waals surface area contributed by atoms with Gasteiger partial charge in [0.25, 0.3) is 0 Å². The molecule has 1 saturated heterocycles. The highest BCUT2D eigenvalue weighted by molar-refractivity contribution is 5.75. The Labute approximate surface area is 105 Å². The van der Waals surface area contributed by atoms with Crippen molar-refractivity contribution in [3.63, 3.8) is 0 Å². The van der Waals surface area contributed by atoms with Crippen LogP contribution in [0.4, 0.5) is 0 Å². The topological polar surface area (TPSA) is 35.6 Å². The number of piperidine rings is 1. The second-order valence-electron chi connectivity index (χ2n) is 5.21. The van der Waals surface area contributed by atoms with Crippen LogP contribution in [0.15, 0.2) is 0 Å². The first-order chi connectivity index (χ1) is 8.06. The second kappa shape index (κ2) is 6.97. The van der Waals surface area contributed by atoms with Crippen molar-refractivity contribution in [3.05, 3.63) is 0 Å². The van der Waals surface area contributed by atoms with Crippen LogP contribution in [0.1, 0.15) is 32.6 Å². The lowest BCUT2D eigenvalue weighted by Crippen LogP contribution is -2.50. The zero-order valence-corrected chi connectivity index (χ0v) is 11.7. The standard InChI is InChI=1S/C13H27N3O/c1-11(14-2)12-7-5-6-9-16(12)10-8-13(17)15(3)4/h11-12,14H,5-10H2,1-4H3. The highest BCUT2D eigenvalue weighted by Crippen LogP contribution is 2.19. The van der Waals surface area contributed by atoms with Crippen LogP contribution in [0.25, 0.3) is 0 Å². The Balaban J connectivity index is 2.45. The number of hydrogen-bond donors (Lipinski definition) is 1. The van der Waals surface area contributed by atoms with Gasteiger partial charge in [-0.1, -0.05) is 6.42 Å². The SMILES string of the molecule is CNC(C)C1CCCCN1CCC(=O)N(C)C. The minimum atomic E-state index is 0.228. The highest BCUT2D eigenvalue weighted by atomic mass is 16.2. The van der Waals surface area contributed by atoms with Crippen molar-refractivity contribution < 1.29 is 4.79 Å². The first-order valence-corrected chi connectivity index (χ1v) is 6.67. The van der Waals surface area contributed by atoms with Crippen molar-refractivity contribution >= 4 is 5.91 Å². The van der Waals surface area contributed by atoms with Crippen LogP contribution < -0.4 is 5.32 Å². The molecule has 0 spiro atoms. The van der Waals surface area contributed by atoms with Gasteiger partial charge in [-0.25, -0.2) is 0 Å². The molecular formula is C13H27N3O. The van der Waals surface area contributed by atoms with Crippen LogP contribution in [-0.2, 0) is 4.79 Å². The first-order valence-electron chi connectivity index (χ1n) is 6.67. The number of likely N-dealkylation sites (tertiary alicyclic amines) is 1. The summed E-state index contributed by atoms with van der Waals surface area (Å²) in [6.45, 7) is 4.27. The smallest absolute Gasteiger partial charge is 0.223 e. The van der Waals surface area contributed by atoms with Gasteiger partial charge >= 0.3 is 0 Å². The lowest BCUT2D eigenvalue weighted by molar-refractivity contribution is -0.129. The molecule has 1 aliphatic rings. The third-order valence-electron chi connectivity index (χ3n) is 3.81. The van der Waals surface area contributed by atoms with Gasteiger partial charge in [0.05, 0.1) is 0 Å². The van der Waals surface area contributed by atoms with Crippen LogP contribution in [0.3, 0.4) is 0 Å². The summed E-state index contributed by atoms with van der Waals surface area (Å²) in [5.74, 6) is 0.228. The van der Waals surface area contributed by atoms with E-state index < -0.39 is 0 Å². The Bertz CT molecular complexity index is 243. The number of carbonyl (C=O) groups is 1. The fourth-order valence-electron chi connectivity index (χ4n) is 2.52. The van der Waals surface area contributed by atoms with E-state index in [0.29, 0.717) is 18.5 Å². The van der Waals surface area contributed by atoms with Crippen molar-refractivity contribution in [2.75, 3.05) is 34.2 Å². The van der Waals surface area contributed by atoms with Crippen LogP contribution in [0, 0.1) is 0 Å². The molecule has 2 atom stereocenters. The van der Waals surface area contributed by atoms with E-state index in [9.17, 15) is 4.79 Å². The summed E-state index contributed by atoms with van der Waals surface area (Å²) in [6, 6.07) is 1.09. The third kappa shape index (κ3) is 4.28. The van der Waals surface area contributed by atoms with Crippen LogP contribution in [0.2, 0.25) is 0 Å². The predicted molar refractivity (Wildman–Crippen MR) is 71.0 cm³/mol. The fraction of sp³-hybridized carbons (Fsp3) is 0.923. The maximum absolute atomic E-state index is 11.6. The lowest BCUT2D eigenvalue weighted by Gasteiger charge is -2.39. The lowest BCUT2D eigenvalue weighted by atomic mass is 9.96. The second-order valence-corrected chi connectivity index (χ2v) is 5.21. The van der Waals surface area contributed by atoms with Gasteiger partial charge in [-0.15, -0.1) is 0 Å². The molecule has 0 aromatic heterocycles. The molecule has 0 radical (unpaired) electrons. The number of likely N-dealkylation sites (N-methyl/N-ethyl adjacent to an activating group) is 1. The Hall–Kier alpha value is -0.610. The molecule has 1 amide bonds. The van der Waals surface area contributed by atoms with Crippen LogP contribution in [-0.4, -0.2) is 62.0 Å². The molecule has 0 saturated carbocycles. The van der Waals surface area contributed by atoms with Gasteiger partial charge in [0.2, 0.25) is 5.91 Å². The largest absolute Gasteiger partial charge is 0.349 e. The quantitative estimate of drug-likeness (QED) is 0.778. The minimum Gasteiger partial charge on any atom is -0.349 e. The van der Waals surface area contributed by atoms with E-state index in [4.69, 9.17) is 0 Å². The number of amides is 1. The molecule has 0 bridgehead atoms. The summed E-state index contributed by atoms with van der Waals surface area (Å²) >= 11 is 0. The van der Waals surface area contributed by atoms with Crippen LogP contribution in [0.5, 0.6) is 0 Å². The molecule has 2 unspecified atom stereocenters. The normalized spacial score (nSPS) is 23.4.